The Hall–Kier alpha value is -2.52. The van der Waals surface area contributed by atoms with E-state index in [-0.39, 0.29) is 11.4 Å². The number of rotatable bonds is 4. The quantitative estimate of drug-likeness (QED) is 0.394. The van der Waals surface area contributed by atoms with Gasteiger partial charge in [0, 0.05) is 21.8 Å². The molecule has 0 amide bonds. The normalized spacial score (nSPS) is 18.6. The molecule has 3 aromatic rings. The van der Waals surface area contributed by atoms with Crippen molar-refractivity contribution in [3.63, 3.8) is 0 Å². The first-order valence-corrected chi connectivity index (χ1v) is 10.5. The summed E-state index contributed by atoms with van der Waals surface area (Å²) in [5, 5.41) is 0. The number of hydrogen-bond acceptors (Lipinski definition) is 3. The van der Waals surface area contributed by atoms with E-state index < -0.39 is 5.60 Å². The van der Waals surface area contributed by atoms with Gasteiger partial charge in [-0.05, 0) is 29.2 Å². The van der Waals surface area contributed by atoms with Crippen LogP contribution >= 0.6 is 11.8 Å². The Morgan fingerprint density at radius 2 is 1.54 bits per heavy atom. The molecule has 0 radical (unpaired) electrons. The molecular weight excluding hydrogens is 364 g/mol. The molecule has 0 bridgehead atoms. The molecule has 1 aliphatic rings. The summed E-state index contributed by atoms with van der Waals surface area (Å²) in [7, 11) is 0. The number of ether oxygens (including phenoxy) is 1. The molecule has 1 atom stereocenters. The molecule has 1 aliphatic heterocycles. The standard InChI is InChI=1S/C25H24O2S/c1-24(2,3)19-14-15-22-21(16-19)23(26)27-25(22,18-10-6-4-7-11-18)17-28-20-12-8-5-9-13-20/h4-16H,17H2,1-3H3. The molecule has 3 aromatic carbocycles. The van der Waals surface area contributed by atoms with Gasteiger partial charge in [0.1, 0.15) is 0 Å². The monoisotopic (exact) mass is 388 g/mol. The van der Waals surface area contributed by atoms with Crippen LogP contribution in [0.5, 0.6) is 0 Å². The molecule has 0 saturated heterocycles. The fourth-order valence-electron chi connectivity index (χ4n) is 3.61. The van der Waals surface area contributed by atoms with E-state index in [9.17, 15) is 4.79 Å². The third-order valence-corrected chi connectivity index (χ3v) is 6.39. The zero-order valence-corrected chi connectivity index (χ0v) is 17.3. The zero-order chi connectivity index (χ0) is 19.8. The highest BCUT2D eigenvalue weighted by atomic mass is 32.2. The molecule has 1 heterocycles. The first kappa shape index (κ1) is 18.8. The van der Waals surface area contributed by atoms with Gasteiger partial charge >= 0.3 is 5.97 Å². The molecule has 28 heavy (non-hydrogen) atoms. The Labute approximate surface area is 170 Å². The Balaban J connectivity index is 1.81. The van der Waals surface area contributed by atoms with Crippen LogP contribution in [0, 0.1) is 0 Å². The molecule has 0 spiro atoms. The Morgan fingerprint density at radius 1 is 0.893 bits per heavy atom. The second kappa shape index (κ2) is 7.14. The van der Waals surface area contributed by atoms with Gasteiger partial charge in [0.2, 0.25) is 0 Å². The van der Waals surface area contributed by atoms with Crippen molar-refractivity contribution >= 4 is 17.7 Å². The molecule has 4 rings (SSSR count). The third-order valence-electron chi connectivity index (χ3n) is 5.23. The fraction of sp³-hybridized carbons (Fsp3) is 0.240. The van der Waals surface area contributed by atoms with E-state index >= 15 is 0 Å². The fourth-order valence-corrected chi connectivity index (χ4v) is 4.71. The zero-order valence-electron chi connectivity index (χ0n) is 16.4. The average molecular weight is 389 g/mol. The van der Waals surface area contributed by atoms with E-state index in [0.29, 0.717) is 11.3 Å². The molecule has 0 N–H and O–H groups in total. The number of fused-ring (bicyclic) bond motifs is 1. The van der Waals surface area contributed by atoms with Crippen LogP contribution in [0.4, 0.5) is 0 Å². The maximum Gasteiger partial charge on any atom is 0.339 e. The highest BCUT2D eigenvalue weighted by Gasteiger charge is 2.47. The smallest absolute Gasteiger partial charge is 0.339 e. The van der Waals surface area contributed by atoms with Gasteiger partial charge in [-0.25, -0.2) is 4.79 Å². The Kier molecular flexibility index (Phi) is 4.80. The van der Waals surface area contributed by atoms with Crippen molar-refractivity contribution in [3.05, 3.63) is 101 Å². The number of cyclic esters (lactones) is 1. The van der Waals surface area contributed by atoms with Gasteiger partial charge < -0.3 is 4.74 Å². The minimum Gasteiger partial charge on any atom is -0.445 e. The topological polar surface area (TPSA) is 26.3 Å². The maximum absolute atomic E-state index is 12.9. The van der Waals surface area contributed by atoms with Crippen molar-refractivity contribution in [2.45, 2.75) is 36.7 Å². The summed E-state index contributed by atoms with van der Waals surface area (Å²) >= 11 is 1.71. The minimum absolute atomic E-state index is 0.0217. The lowest BCUT2D eigenvalue weighted by Gasteiger charge is -2.29. The van der Waals surface area contributed by atoms with Crippen molar-refractivity contribution in [2.24, 2.45) is 0 Å². The average Bonchev–Trinajstić information content (AvgIpc) is 3.00. The van der Waals surface area contributed by atoms with Gasteiger partial charge in [-0.3, -0.25) is 0 Å². The Morgan fingerprint density at radius 3 is 2.18 bits per heavy atom. The van der Waals surface area contributed by atoms with Crippen molar-refractivity contribution in [2.75, 3.05) is 5.75 Å². The van der Waals surface area contributed by atoms with E-state index in [1.54, 1.807) is 11.8 Å². The maximum atomic E-state index is 12.9. The van der Waals surface area contributed by atoms with Crippen LogP contribution in [0.25, 0.3) is 0 Å². The number of carbonyl (C=O) groups excluding carboxylic acids is 1. The number of thioether (sulfide) groups is 1. The molecule has 0 fully saturated rings. The van der Waals surface area contributed by atoms with Gasteiger partial charge in [0.05, 0.1) is 5.56 Å². The molecule has 1 unspecified atom stereocenters. The van der Waals surface area contributed by atoms with E-state index in [4.69, 9.17) is 4.74 Å². The molecule has 0 aromatic heterocycles. The van der Waals surface area contributed by atoms with Crippen molar-refractivity contribution < 1.29 is 9.53 Å². The van der Waals surface area contributed by atoms with Gasteiger partial charge in [0.25, 0.3) is 0 Å². The highest BCUT2D eigenvalue weighted by molar-refractivity contribution is 7.99. The van der Waals surface area contributed by atoms with Crippen molar-refractivity contribution in [3.8, 4) is 0 Å². The Bertz CT molecular complexity index is 990. The summed E-state index contributed by atoms with van der Waals surface area (Å²) in [6.45, 7) is 6.47. The highest BCUT2D eigenvalue weighted by Crippen LogP contribution is 2.46. The van der Waals surface area contributed by atoms with E-state index in [2.05, 4.69) is 45.0 Å². The number of esters is 1. The van der Waals surface area contributed by atoms with Crippen LogP contribution in [-0.2, 0) is 15.8 Å². The minimum atomic E-state index is -0.773. The van der Waals surface area contributed by atoms with E-state index in [1.807, 2.05) is 54.6 Å². The summed E-state index contributed by atoms with van der Waals surface area (Å²) in [5.74, 6) is 0.396. The molecular formula is C25H24O2S. The summed E-state index contributed by atoms with van der Waals surface area (Å²) in [4.78, 5) is 14.1. The molecule has 2 nitrogen and oxygen atoms in total. The lowest BCUT2D eigenvalue weighted by Crippen LogP contribution is -2.31. The van der Waals surface area contributed by atoms with Crippen LogP contribution < -0.4 is 0 Å². The number of benzene rings is 3. The van der Waals surface area contributed by atoms with Gasteiger partial charge in [-0.1, -0.05) is 81.4 Å². The predicted octanol–water partition coefficient (Wildman–Crippen LogP) is 6.19. The lowest BCUT2D eigenvalue weighted by molar-refractivity contribution is 0.0197. The summed E-state index contributed by atoms with van der Waals surface area (Å²) < 4.78 is 6.14. The molecule has 0 saturated carbocycles. The van der Waals surface area contributed by atoms with Gasteiger partial charge in [0.15, 0.2) is 5.60 Å². The largest absolute Gasteiger partial charge is 0.445 e. The number of hydrogen-bond donors (Lipinski definition) is 0. The molecule has 142 valence electrons. The molecule has 3 heteroatoms. The van der Waals surface area contributed by atoms with Gasteiger partial charge in [-0.2, -0.15) is 0 Å². The van der Waals surface area contributed by atoms with Gasteiger partial charge in [-0.15, -0.1) is 11.8 Å². The van der Waals surface area contributed by atoms with Crippen LogP contribution in [-0.4, -0.2) is 11.7 Å². The van der Waals surface area contributed by atoms with Crippen molar-refractivity contribution in [1.29, 1.82) is 0 Å². The van der Waals surface area contributed by atoms with Crippen LogP contribution in [0.15, 0.2) is 83.8 Å². The van der Waals surface area contributed by atoms with Crippen LogP contribution in [0.3, 0.4) is 0 Å². The van der Waals surface area contributed by atoms with E-state index in [1.165, 1.54) is 0 Å². The molecule has 0 aliphatic carbocycles. The van der Waals surface area contributed by atoms with Crippen LogP contribution in [0.2, 0.25) is 0 Å². The van der Waals surface area contributed by atoms with Crippen LogP contribution in [0.1, 0.15) is 47.8 Å². The predicted molar refractivity (Wildman–Crippen MR) is 115 cm³/mol. The summed E-state index contributed by atoms with van der Waals surface area (Å²) in [5.41, 5.74) is 3.00. The second-order valence-electron chi connectivity index (χ2n) is 8.19. The number of carbonyl (C=O) groups is 1. The summed E-state index contributed by atoms with van der Waals surface area (Å²) in [6.07, 6.45) is 0. The first-order valence-electron chi connectivity index (χ1n) is 9.52. The second-order valence-corrected chi connectivity index (χ2v) is 9.24. The SMILES string of the molecule is CC(C)(C)c1ccc2c(c1)C(=O)OC2(CSc1ccccc1)c1ccccc1. The third kappa shape index (κ3) is 3.35. The first-order chi connectivity index (χ1) is 13.4. The van der Waals surface area contributed by atoms with Crippen molar-refractivity contribution in [1.82, 2.24) is 0 Å². The lowest BCUT2D eigenvalue weighted by atomic mass is 9.82. The summed E-state index contributed by atoms with van der Waals surface area (Å²) in [6, 6.07) is 26.5. The van der Waals surface area contributed by atoms with E-state index in [0.717, 1.165) is 21.6 Å².